The number of nitrogens with one attached hydrogen (secondary N) is 4. The first-order chi connectivity index (χ1) is 19.4. The van der Waals surface area contributed by atoms with Crippen molar-refractivity contribution in [3.05, 3.63) is 66.2 Å². The van der Waals surface area contributed by atoms with E-state index in [0.717, 1.165) is 5.52 Å². The van der Waals surface area contributed by atoms with E-state index in [1.54, 1.807) is 29.2 Å². The summed E-state index contributed by atoms with van der Waals surface area (Å²) in [6.45, 7) is 5.57. The van der Waals surface area contributed by atoms with Gasteiger partial charge in [-0.15, -0.1) is 0 Å². The van der Waals surface area contributed by atoms with Crippen molar-refractivity contribution in [3.8, 4) is 5.75 Å². The second kappa shape index (κ2) is 11.9. The van der Waals surface area contributed by atoms with Crippen LogP contribution in [0.3, 0.4) is 0 Å². The van der Waals surface area contributed by atoms with Crippen molar-refractivity contribution in [1.29, 1.82) is 0 Å². The molecule has 0 atom stereocenters. The minimum absolute atomic E-state index is 0.0114. The molecule has 0 aliphatic carbocycles. The first kappa shape index (κ1) is 26.7. The van der Waals surface area contributed by atoms with Crippen molar-refractivity contribution in [1.82, 2.24) is 24.8 Å². The van der Waals surface area contributed by atoms with E-state index in [-0.39, 0.29) is 29.5 Å². The van der Waals surface area contributed by atoms with E-state index >= 15 is 0 Å². The maximum Gasteiger partial charge on any atom is 0.409 e. The molecule has 2 aromatic heterocycles. The molecule has 5 rings (SSSR count). The van der Waals surface area contributed by atoms with Gasteiger partial charge in [-0.2, -0.15) is 0 Å². The van der Waals surface area contributed by atoms with Gasteiger partial charge in [-0.1, -0.05) is 26.0 Å². The van der Waals surface area contributed by atoms with Crippen LogP contribution in [0.1, 0.15) is 47.7 Å². The summed E-state index contributed by atoms with van der Waals surface area (Å²) in [6, 6.07) is 14.3. The number of amides is 3. The molecule has 0 spiro atoms. The molecule has 12 heteroatoms. The Morgan fingerprint density at radius 3 is 2.50 bits per heavy atom. The lowest BCUT2D eigenvalue weighted by molar-refractivity contribution is 0.0618. The number of H-pyrrole nitrogens is 2. The molecule has 0 saturated carbocycles. The first-order valence-corrected chi connectivity index (χ1v) is 13.1. The van der Waals surface area contributed by atoms with Gasteiger partial charge < -0.3 is 29.7 Å². The Balaban J connectivity index is 1.13. The number of aromatic nitrogens is 4. The maximum atomic E-state index is 12.9. The van der Waals surface area contributed by atoms with Gasteiger partial charge in [0.15, 0.2) is 5.69 Å². The normalized spacial score (nSPS) is 13.8. The van der Waals surface area contributed by atoms with Crippen LogP contribution in [0.2, 0.25) is 0 Å². The SMILES string of the molecule is CC(C)COC(=O)N1CCC(Oc2ccc(NC(=O)c3nc[nH]c3C(=O)Nc3nc4ccccc4[nH]3)cc2)CC1. The van der Waals surface area contributed by atoms with Crippen molar-refractivity contribution in [2.45, 2.75) is 32.8 Å². The molecule has 3 amide bonds. The van der Waals surface area contributed by atoms with Crippen LogP contribution in [0.25, 0.3) is 11.0 Å². The Morgan fingerprint density at radius 1 is 1.02 bits per heavy atom. The highest BCUT2D eigenvalue weighted by Gasteiger charge is 2.25. The van der Waals surface area contributed by atoms with Gasteiger partial charge in [0.05, 0.1) is 24.0 Å². The minimum atomic E-state index is -0.551. The molecule has 2 aromatic carbocycles. The van der Waals surface area contributed by atoms with E-state index in [4.69, 9.17) is 9.47 Å². The molecule has 1 saturated heterocycles. The fourth-order valence-corrected chi connectivity index (χ4v) is 4.31. The molecule has 1 aliphatic rings. The van der Waals surface area contributed by atoms with E-state index in [9.17, 15) is 14.4 Å². The summed E-state index contributed by atoms with van der Waals surface area (Å²) in [5.74, 6) is 0.127. The molecule has 208 valence electrons. The van der Waals surface area contributed by atoms with Crippen LogP contribution in [0.4, 0.5) is 16.4 Å². The lowest BCUT2D eigenvalue weighted by Crippen LogP contribution is -2.42. The van der Waals surface area contributed by atoms with Crippen LogP contribution >= 0.6 is 0 Å². The average molecular weight is 546 g/mol. The second-order valence-corrected chi connectivity index (χ2v) is 9.94. The predicted octanol–water partition coefficient (Wildman–Crippen LogP) is 4.43. The van der Waals surface area contributed by atoms with Crippen LogP contribution in [0.15, 0.2) is 54.9 Å². The zero-order valence-electron chi connectivity index (χ0n) is 22.3. The summed E-state index contributed by atoms with van der Waals surface area (Å²) in [4.78, 5) is 53.7. The Morgan fingerprint density at radius 2 is 1.77 bits per heavy atom. The molecule has 0 radical (unpaired) electrons. The van der Waals surface area contributed by atoms with E-state index in [2.05, 4.69) is 30.6 Å². The summed E-state index contributed by atoms with van der Waals surface area (Å²) in [6.07, 6.45) is 2.39. The maximum absolute atomic E-state index is 12.9. The van der Waals surface area contributed by atoms with Gasteiger partial charge in [-0.3, -0.25) is 14.9 Å². The number of ether oxygens (including phenoxy) is 2. The van der Waals surface area contributed by atoms with Gasteiger partial charge in [-0.25, -0.2) is 14.8 Å². The van der Waals surface area contributed by atoms with Crippen LogP contribution in [-0.4, -0.2) is 68.5 Å². The summed E-state index contributed by atoms with van der Waals surface area (Å²) in [7, 11) is 0. The number of para-hydroxylation sites is 2. The molecule has 1 fully saturated rings. The van der Waals surface area contributed by atoms with Crippen molar-refractivity contribution >= 4 is 40.6 Å². The Bertz CT molecular complexity index is 1450. The van der Waals surface area contributed by atoms with Gasteiger partial charge in [0.25, 0.3) is 11.8 Å². The molecule has 40 heavy (non-hydrogen) atoms. The molecular weight excluding hydrogens is 514 g/mol. The minimum Gasteiger partial charge on any atom is -0.490 e. The molecule has 12 nitrogen and oxygen atoms in total. The standard InChI is InChI=1S/C28H31N7O5/c1-17(2)15-39-28(38)35-13-11-20(12-14-35)40-19-9-7-18(8-10-19)31-25(36)23-24(30-16-29-23)26(37)34-27-32-21-5-3-4-6-22(21)33-27/h3-10,16-17,20H,11-15H2,1-2H3,(H,29,30)(H,31,36)(H2,32,33,34,37). The summed E-state index contributed by atoms with van der Waals surface area (Å²) < 4.78 is 11.4. The van der Waals surface area contributed by atoms with Gasteiger partial charge in [0, 0.05) is 31.6 Å². The number of nitrogens with zero attached hydrogens (tertiary/aromatic N) is 3. The molecule has 1 aliphatic heterocycles. The van der Waals surface area contributed by atoms with E-state index in [0.29, 0.717) is 55.4 Å². The Kier molecular flexibility index (Phi) is 7.94. The number of fused-ring (bicyclic) bond motifs is 1. The van der Waals surface area contributed by atoms with Gasteiger partial charge >= 0.3 is 6.09 Å². The monoisotopic (exact) mass is 545 g/mol. The lowest BCUT2D eigenvalue weighted by atomic mass is 10.1. The molecule has 0 bridgehead atoms. The molecular formula is C28H31N7O5. The quantitative estimate of drug-likeness (QED) is 0.255. The number of imidazole rings is 2. The zero-order chi connectivity index (χ0) is 28.1. The topological polar surface area (TPSA) is 154 Å². The third-order valence-corrected chi connectivity index (χ3v) is 6.36. The number of carbonyl (C=O) groups excluding carboxylic acids is 3. The average Bonchev–Trinajstić information content (AvgIpc) is 3.60. The number of anilines is 2. The van der Waals surface area contributed by atoms with Crippen molar-refractivity contribution < 1.29 is 23.9 Å². The second-order valence-electron chi connectivity index (χ2n) is 9.94. The number of likely N-dealkylation sites (tertiary alicyclic amines) is 1. The number of piperidine rings is 1. The smallest absolute Gasteiger partial charge is 0.409 e. The fourth-order valence-electron chi connectivity index (χ4n) is 4.31. The van der Waals surface area contributed by atoms with Gasteiger partial charge in [0.1, 0.15) is 17.5 Å². The fraction of sp³-hybridized carbons (Fsp3) is 0.321. The number of hydrogen-bond acceptors (Lipinski definition) is 7. The number of aromatic amines is 2. The van der Waals surface area contributed by atoms with Crippen LogP contribution in [0, 0.1) is 5.92 Å². The Labute approximate surface area is 230 Å². The third kappa shape index (κ3) is 6.40. The summed E-state index contributed by atoms with van der Waals surface area (Å²) in [5, 5.41) is 5.41. The van der Waals surface area contributed by atoms with Crippen LogP contribution in [0.5, 0.6) is 5.75 Å². The van der Waals surface area contributed by atoms with Gasteiger partial charge in [0.2, 0.25) is 5.95 Å². The van der Waals surface area contributed by atoms with Gasteiger partial charge in [-0.05, 0) is 42.3 Å². The summed E-state index contributed by atoms with van der Waals surface area (Å²) >= 11 is 0. The molecule has 3 heterocycles. The molecule has 0 unspecified atom stereocenters. The molecule has 4 aromatic rings. The third-order valence-electron chi connectivity index (χ3n) is 6.36. The highest BCUT2D eigenvalue weighted by Crippen LogP contribution is 2.22. The van der Waals surface area contributed by atoms with Crippen molar-refractivity contribution in [2.24, 2.45) is 5.92 Å². The Hall–Kier alpha value is -4.87. The number of rotatable bonds is 8. The largest absolute Gasteiger partial charge is 0.490 e. The zero-order valence-corrected chi connectivity index (χ0v) is 22.3. The summed E-state index contributed by atoms with van der Waals surface area (Å²) in [5.41, 5.74) is 1.97. The first-order valence-electron chi connectivity index (χ1n) is 13.1. The highest BCUT2D eigenvalue weighted by molar-refractivity contribution is 6.13. The number of carbonyl (C=O) groups is 3. The predicted molar refractivity (Wildman–Crippen MR) is 148 cm³/mol. The number of hydrogen-bond donors (Lipinski definition) is 4. The van der Waals surface area contributed by atoms with Crippen LogP contribution in [-0.2, 0) is 4.74 Å². The van der Waals surface area contributed by atoms with Crippen molar-refractivity contribution in [3.63, 3.8) is 0 Å². The lowest BCUT2D eigenvalue weighted by Gasteiger charge is -2.31. The van der Waals surface area contributed by atoms with E-state index < -0.39 is 11.8 Å². The van der Waals surface area contributed by atoms with Crippen LogP contribution < -0.4 is 15.4 Å². The molecule has 4 N–H and O–H groups in total. The van der Waals surface area contributed by atoms with E-state index in [1.165, 1.54) is 6.33 Å². The highest BCUT2D eigenvalue weighted by atomic mass is 16.6. The number of benzene rings is 2. The van der Waals surface area contributed by atoms with Crippen molar-refractivity contribution in [2.75, 3.05) is 30.3 Å². The van der Waals surface area contributed by atoms with E-state index in [1.807, 2.05) is 38.1 Å².